The Morgan fingerprint density at radius 2 is 2.07 bits per heavy atom. The number of hydrogen-bond acceptors (Lipinski definition) is 6. The SMILES string of the molecule is O=C(NCc1ccc(Cl)cc1)C1C[C@@H](O)CN1C(=O)Cc1cc(CO)no1. The summed E-state index contributed by atoms with van der Waals surface area (Å²) in [5.41, 5.74) is 1.21. The molecule has 1 aliphatic rings. The molecule has 3 N–H and O–H groups in total. The van der Waals surface area contributed by atoms with Crippen LogP contribution in [-0.4, -0.2) is 50.8 Å². The van der Waals surface area contributed by atoms with Gasteiger partial charge < -0.3 is 25.0 Å². The Morgan fingerprint density at radius 1 is 1.33 bits per heavy atom. The predicted molar refractivity (Wildman–Crippen MR) is 95.6 cm³/mol. The van der Waals surface area contributed by atoms with E-state index in [0.29, 0.717) is 23.0 Å². The number of benzene rings is 1. The van der Waals surface area contributed by atoms with Crippen LogP contribution in [0.2, 0.25) is 5.02 Å². The number of aromatic nitrogens is 1. The molecule has 2 aromatic rings. The quantitative estimate of drug-likeness (QED) is 0.663. The highest BCUT2D eigenvalue weighted by atomic mass is 35.5. The van der Waals surface area contributed by atoms with Crippen LogP contribution in [0.4, 0.5) is 0 Å². The summed E-state index contributed by atoms with van der Waals surface area (Å²) < 4.78 is 4.99. The van der Waals surface area contributed by atoms with E-state index in [1.165, 1.54) is 11.0 Å². The van der Waals surface area contributed by atoms with Gasteiger partial charge in [0, 0.05) is 30.6 Å². The third-order valence-corrected chi connectivity index (χ3v) is 4.63. The van der Waals surface area contributed by atoms with Crippen LogP contribution < -0.4 is 5.32 Å². The first-order valence-corrected chi connectivity index (χ1v) is 8.89. The number of aliphatic hydroxyl groups excluding tert-OH is 2. The van der Waals surface area contributed by atoms with Crippen LogP contribution in [0.15, 0.2) is 34.9 Å². The fraction of sp³-hybridized carbons (Fsp3) is 0.389. The van der Waals surface area contributed by atoms with Gasteiger partial charge in [-0.2, -0.15) is 0 Å². The maximum absolute atomic E-state index is 12.6. The summed E-state index contributed by atoms with van der Waals surface area (Å²) in [5.74, 6) is -0.381. The van der Waals surface area contributed by atoms with E-state index in [4.69, 9.17) is 21.2 Å². The summed E-state index contributed by atoms with van der Waals surface area (Å²) in [6.07, 6.45) is -0.681. The molecule has 8 nitrogen and oxygen atoms in total. The second kappa shape index (κ2) is 8.51. The van der Waals surface area contributed by atoms with E-state index in [-0.39, 0.29) is 37.8 Å². The summed E-state index contributed by atoms with van der Waals surface area (Å²) in [6.45, 7) is 0.0985. The molecule has 2 amide bonds. The smallest absolute Gasteiger partial charge is 0.243 e. The van der Waals surface area contributed by atoms with Crippen LogP contribution in [0.3, 0.4) is 0 Å². The molecule has 1 unspecified atom stereocenters. The fourth-order valence-corrected chi connectivity index (χ4v) is 3.14. The lowest BCUT2D eigenvalue weighted by atomic mass is 10.1. The molecule has 1 fully saturated rings. The van der Waals surface area contributed by atoms with Crippen LogP contribution in [0.25, 0.3) is 0 Å². The first-order valence-electron chi connectivity index (χ1n) is 8.51. The van der Waals surface area contributed by atoms with E-state index in [1.807, 2.05) is 0 Å². The summed E-state index contributed by atoms with van der Waals surface area (Å²) in [6, 6.07) is 7.81. The Bertz CT molecular complexity index is 808. The normalized spacial score (nSPS) is 19.3. The highest BCUT2D eigenvalue weighted by molar-refractivity contribution is 6.30. The molecular weight excluding hydrogens is 374 g/mol. The largest absolute Gasteiger partial charge is 0.391 e. The molecule has 144 valence electrons. The van der Waals surface area contributed by atoms with Crippen molar-refractivity contribution in [3.8, 4) is 0 Å². The molecule has 0 aliphatic carbocycles. The van der Waals surface area contributed by atoms with Crippen LogP contribution in [0.1, 0.15) is 23.4 Å². The minimum Gasteiger partial charge on any atom is -0.391 e. The number of carbonyl (C=O) groups excluding carboxylic acids is 2. The number of halogens is 1. The van der Waals surface area contributed by atoms with Crippen molar-refractivity contribution in [1.29, 1.82) is 0 Å². The van der Waals surface area contributed by atoms with Crippen LogP contribution >= 0.6 is 11.6 Å². The first-order chi connectivity index (χ1) is 13.0. The standard InChI is InChI=1S/C18H20ClN3O5/c19-12-3-1-11(2-4-12)8-20-18(26)16-6-14(24)9-22(16)17(25)7-15-5-13(10-23)21-27-15/h1-5,14,16,23-24H,6-10H2,(H,20,26)/t14-,16?/m1/s1. The number of rotatable bonds is 6. The second-order valence-corrected chi connectivity index (χ2v) is 6.85. The zero-order valence-electron chi connectivity index (χ0n) is 14.5. The number of nitrogens with one attached hydrogen (secondary N) is 1. The minimum absolute atomic E-state index is 0.0822. The van der Waals surface area contributed by atoms with Gasteiger partial charge >= 0.3 is 0 Å². The maximum Gasteiger partial charge on any atom is 0.243 e. The van der Waals surface area contributed by atoms with E-state index < -0.39 is 12.1 Å². The van der Waals surface area contributed by atoms with Gasteiger partial charge in [-0.3, -0.25) is 9.59 Å². The highest BCUT2D eigenvalue weighted by Crippen LogP contribution is 2.20. The molecule has 0 bridgehead atoms. The van der Waals surface area contributed by atoms with Gasteiger partial charge in [0.25, 0.3) is 0 Å². The van der Waals surface area contributed by atoms with Gasteiger partial charge in [-0.05, 0) is 17.7 Å². The second-order valence-electron chi connectivity index (χ2n) is 6.42. The van der Waals surface area contributed by atoms with Crippen LogP contribution in [-0.2, 0) is 29.2 Å². The molecule has 1 aromatic carbocycles. The van der Waals surface area contributed by atoms with E-state index in [1.54, 1.807) is 24.3 Å². The minimum atomic E-state index is -0.761. The number of hydrogen-bond donors (Lipinski definition) is 3. The van der Waals surface area contributed by atoms with Crippen molar-refractivity contribution in [3.63, 3.8) is 0 Å². The van der Waals surface area contributed by atoms with Gasteiger partial charge in [-0.1, -0.05) is 28.9 Å². The van der Waals surface area contributed by atoms with E-state index in [0.717, 1.165) is 5.56 Å². The molecule has 0 spiro atoms. The number of β-amino-alcohol motifs (C(OH)–C–C–N with tert-alkyl or cyclic N) is 1. The monoisotopic (exact) mass is 393 g/mol. The van der Waals surface area contributed by atoms with Crippen molar-refractivity contribution in [2.45, 2.75) is 38.1 Å². The molecule has 0 saturated carbocycles. The first kappa shape index (κ1) is 19.3. The Labute approximate surface area is 160 Å². The molecule has 2 heterocycles. The van der Waals surface area contributed by atoms with E-state index in [9.17, 15) is 14.7 Å². The number of carbonyl (C=O) groups is 2. The molecule has 1 saturated heterocycles. The number of aliphatic hydroxyl groups is 2. The molecule has 1 aliphatic heterocycles. The van der Waals surface area contributed by atoms with Gasteiger partial charge in [-0.15, -0.1) is 0 Å². The number of nitrogens with zero attached hydrogens (tertiary/aromatic N) is 2. The molecule has 2 atom stereocenters. The average molecular weight is 394 g/mol. The van der Waals surface area contributed by atoms with E-state index >= 15 is 0 Å². The van der Waals surface area contributed by atoms with Gasteiger partial charge in [0.05, 0.1) is 19.1 Å². The van der Waals surface area contributed by atoms with Gasteiger partial charge in [-0.25, -0.2) is 0 Å². The molecule has 27 heavy (non-hydrogen) atoms. The third kappa shape index (κ3) is 4.85. The van der Waals surface area contributed by atoms with Crippen LogP contribution in [0, 0.1) is 0 Å². The third-order valence-electron chi connectivity index (χ3n) is 4.38. The summed E-state index contributed by atoms with van der Waals surface area (Å²) in [4.78, 5) is 26.4. The summed E-state index contributed by atoms with van der Waals surface area (Å²) in [7, 11) is 0. The Kier molecular flexibility index (Phi) is 6.10. The molecule has 0 radical (unpaired) electrons. The molecular formula is C18H20ClN3O5. The highest BCUT2D eigenvalue weighted by Gasteiger charge is 2.38. The zero-order chi connectivity index (χ0) is 19.4. The Balaban J connectivity index is 1.61. The lowest BCUT2D eigenvalue weighted by Gasteiger charge is -2.23. The fourth-order valence-electron chi connectivity index (χ4n) is 3.01. The molecule has 3 rings (SSSR count). The summed E-state index contributed by atoms with van der Waals surface area (Å²) >= 11 is 5.84. The van der Waals surface area contributed by atoms with Crippen molar-refractivity contribution in [2.75, 3.05) is 6.54 Å². The lowest BCUT2D eigenvalue weighted by Crippen LogP contribution is -2.46. The number of amides is 2. The van der Waals surface area contributed by atoms with Gasteiger partial charge in [0.1, 0.15) is 17.5 Å². The molecule has 9 heteroatoms. The van der Waals surface area contributed by atoms with Crippen molar-refractivity contribution < 1.29 is 24.3 Å². The number of likely N-dealkylation sites (tertiary alicyclic amines) is 1. The average Bonchev–Trinajstić information content (AvgIpc) is 3.27. The van der Waals surface area contributed by atoms with Crippen LogP contribution in [0.5, 0.6) is 0 Å². The van der Waals surface area contributed by atoms with E-state index in [2.05, 4.69) is 10.5 Å². The topological polar surface area (TPSA) is 116 Å². The van der Waals surface area contributed by atoms with Crippen molar-refractivity contribution >= 4 is 23.4 Å². The summed E-state index contributed by atoms with van der Waals surface area (Å²) in [5, 5.41) is 26.0. The maximum atomic E-state index is 12.6. The zero-order valence-corrected chi connectivity index (χ0v) is 15.2. The van der Waals surface area contributed by atoms with Gasteiger partial charge in [0.15, 0.2) is 0 Å². The lowest BCUT2D eigenvalue weighted by molar-refractivity contribution is -0.138. The molecule has 1 aromatic heterocycles. The predicted octanol–water partition coefficient (Wildman–Crippen LogP) is 0.641. The Hall–Kier alpha value is -2.42. The van der Waals surface area contributed by atoms with Crippen molar-refractivity contribution in [3.05, 3.63) is 52.4 Å². The van der Waals surface area contributed by atoms with Gasteiger partial charge in [0.2, 0.25) is 11.8 Å². The van der Waals surface area contributed by atoms with Crippen molar-refractivity contribution in [1.82, 2.24) is 15.4 Å². The Morgan fingerprint density at radius 3 is 2.74 bits per heavy atom. The van der Waals surface area contributed by atoms with Crippen molar-refractivity contribution in [2.24, 2.45) is 0 Å².